The number of anilines is 1. The first kappa shape index (κ1) is 19.5. The van der Waals surface area contributed by atoms with Crippen LogP contribution in [0.15, 0.2) is 28.8 Å². The zero-order valence-corrected chi connectivity index (χ0v) is 16.3. The van der Waals surface area contributed by atoms with Crippen LogP contribution in [0.25, 0.3) is 0 Å². The SMILES string of the molecule is CCOC(=O)c1sc(NC(=O)c2ccccc2OCc2noc(C)n2)nc1C. The minimum atomic E-state index is -0.461. The maximum Gasteiger partial charge on any atom is 0.350 e. The molecule has 0 saturated carbocycles. The van der Waals surface area contributed by atoms with Gasteiger partial charge in [-0.25, -0.2) is 9.78 Å². The van der Waals surface area contributed by atoms with Gasteiger partial charge in [0, 0.05) is 6.92 Å². The summed E-state index contributed by atoms with van der Waals surface area (Å²) < 4.78 is 15.5. The number of carbonyl (C=O) groups excluding carboxylic acids is 2. The summed E-state index contributed by atoms with van der Waals surface area (Å²) in [7, 11) is 0. The number of nitrogens with one attached hydrogen (secondary N) is 1. The Kier molecular flexibility index (Phi) is 5.99. The number of para-hydroxylation sites is 1. The molecule has 10 heteroatoms. The highest BCUT2D eigenvalue weighted by atomic mass is 32.1. The fraction of sp³-hybridized carbons (Fsp3) is 0.278. The van der Waals surface area contributed by atoms with Crippen molar-refractivity contribution in [2.24, 2.45) is 0 Å². The molecule has 0 aliphatic heterocycles. The minimum absolute atomic E-state index is 0.0605. The Morgan fingerprint density at radius 1 is 1.21 bits per heavy atom. The van der Waals surface area contributed by atoms with Gasteiger partial charge >= 0.3 is 5.97 Å². The maximum absolute atomic E-state index is 12.7. The second-order valence-electron chi connectivity index (χ2n) is 5.62. The van der Waals surface area contributed by atoms with Gasteiger partial charge in [0.15, 0.2) is 11.7 Å². The van der Waals surface area contributed by atoms with Crippen molar-refractivity contribution in [2.45, 2.75) is 27.4 Å². The summed E-state index contributed by atoms with van der Waals surface area (Å²) in [6.45, 7) is 5.41. The minimum Gasteiger partial charge on any atom is -0.485 e. The second-order valence-corrected chi connectivity index (χ2v) is 6.62. The van der Waals surface area contributed by atoms with Crippen LogP contribution in [0.5, 0.6) is 5.75 Å². The van der Waals surface area contributed by atoms with Crippen molar-refractivity contribution < 1.29 is 23.6 Å². The summed E-state index contributed by atoms with van der Waals surface area (Å²) in [6.07, 6.45) is 0. The first-order chi connectivity index (χ1) is 13.5. The smallest absolute Gasteiger partial charge is 0.350 e. The van der Waals surface area contributed by atoms with Crippen molar-refractivity contribution in [3.8, 4) is 5.75 Å². The lowest BCUT2D eigenvalue weighted by Gasteiger charge is -2.09. The number of carbonyl (C=O) groups is 2. The molecular weight excluding hydrogens is 384 g/mol. The maximum atomic E-state index is 12.7. The normalized spacial score (nSPS) is 10.5. The van der Waals surface area contributed by atoms with Crippen molar-refractivity contribution in [1.29, 1.82) is 0 Å². The Hall–Kier alpha value is -3.27. The summed E-state index contributed by atoms with van der Waals surface area (Å²) in [4.78, 5) is 33.2. The molecule has 0 saturated heterocycles. The summed E-state index contributed by atoms with van der Waals surface area (Å²) >= 11 is 1.06. The van der Waals surface area contributed by atoms with Crippen LogP contribution in [-0.4, -0.2) is 33.6 Å². The number of esters is 1. The van der Waals surface area contributed by atoms with Crippen molar-refractivity contribution >= 4 is 28.3 Å². The quantitative estimate of drug-likeness (QED) is 0.599. The molecule has 0 spiro atoms. The Balaban J connectivity index is 1.72. The van der Waals surface area contributed by atoms with E-state index >= 15 is 0 Å². The molecule has 3 aromatic rings. The Labute approximate surface area is 164 Å². The van der Waals surface area contributed by atoms with Crippen LogP contribution >= 0.6 is 11.3 Å². The molecule has 0 atom stereocenters. The van der Waals surface area contributed by atoms with Crippen LogP contribution in [0, 0.1) is 13.8 Å². The van der Waals surface area contributed by atoms with Crippen molar-refractivity contribution in [3.63, 3.8) is 0 Å². The zero-order chi connectivity index (χ0) is 20.1. The number of ether oxygens (including phenoxy) is 2. The van der Waals surface area contributed by atoms with E-state index in [1.165, 1.54) is 0 Å². The fourth-order valence-electron chi connectivity index (χ4n) is 2.32. The predicted octanol–water partition coefficient (Wildman–Crippen LogP) is 3.15. The first-order valence-corrected chi connectivity index (χ1v) is 9.26. The van der Waals surface area contributed by atoms with E-state index < -0.39 is 11.9 Å². The van der Waals surface area contributed by atoms with E-state index in [1.807, 2.05) is 0 Å². The number of rotatable bonds is 7. The van der Waals surface area contributed by atoms with Crippen LogP contribution in [0.1, 0.15) is 44.4 Å². The number of nitrogens with zero attached hydrogens (tertiary/aromatic N) is 3. The van der Waals surface area contributed by atoms with Gasteiger partial charge in [-0.15, -0.1) is 0 Å². The van der Waals surface area contributed by atoms with Gasteiger partial charge in [0.05, 0.1) is 17.9 Å². The number of hydrogen-bond acceptors (Lipinski definition) is 9. The molecule has 0 radical (unpaired) electrons. The highest BCUT2D eigenvalue weighted by Crippen LogP contribution is 2.26. The number of amides is 1. The Morgan fingerprint density at radius 2 is 2.00 bits per heavy atom. The van der Waals surface area contributed by atoms with Gasteiger partial charge in [-0.05, 0) is 26.0 Å². The molecule has 1 N–H and O–H groups in total. The molecule has 0 aliphatic rings. The zero-order valence-electron chi connectivity index (χ0n) is 15.5. The van der Waals surface area contributed by atoms with Gasteiger partial charge in [0.25, 0.3) is 5.91 Å². The topological polar surface area (TPSA) is 116 Å². The lowest BCUT2D eigenvalue weighted by molar-refractivity contribution is 0.0531. The van der Waals surface area contributed by atoms with Gasteiger partial charge in [-0.1, -0.05) is 28.6 Å². The Morgan fingerprint density at radius 3 is 2.71 bits per heavy atom. The van der Waals surface area contributed by atoms with Gasteiger partial charge in [0.2, 0.25) is 11.7 Å². The molecule has 3 rings (SSSR count). The molecule has 0 aliphatic carbocycles. The summed E-state index contributed by atoms with van der Waals surface area (Å²) in [6, 6.07) is 6.76. The van der Waals surface area contributed by atoms with Crippen LogP contribution in [0.4, 0.5) is 5.13 Å². The lowest BCUT2D eigenvalue weighted by Crippen LogP contribution is -2.13. The molecule has 2 aromatic heterocycles. The van der Waals surface area contributed by atoms with Crippen LogP contribution in [0.3, 0.4) is 0 Å². The molecule has 146 valence electrons. The molecule has 0 unspecified atom stereocenters. The number of thiazole rings is 1. The molecule has 9 nitrogen and oxygen atoms in total. The molecular formula is C18H18N4O5S. The van der Waals surface area contributed by atoms with Crippen molar-refractivity contribution in [3.05, 3.63) is 52.1 Å². The average molecular weight is 402 g/mol. The van der Waals surface area contributed by atoms with Gasteiger partial charge in [0.1, 0.15) is 10.6 Å². The van der Waals surface area contributed by atoms with E-state index in [0.717, 1.165) is 11.3 Å². The van der Waals surface area contributed by atoms with Gasteiger partial charge < -0.3 is 14.0 Å². The van der Waals surface area contributed by atoms with E-state index in [1.54, 1.807) is 45.0 Å². The predicted molar refractivity (Wildman–Crippen MR) is 101 cm³/mol. The standard InChI is InChI=1S/C18H18N4O5S/c1-4-25-17(24)15-10(2)19-18(28-15)21-16(23)12-7-5-6-8-13(12)26-9-14-20-11(3)27-22-14/h5-8H,4,9H2,1-3H3,(H,19,21,23). The third-order valence-electron chi connectivity index (χ3n) is 3.54. The summed E-state index contributed by atoms with van der Waals surface area (Å²) in [5.74, 6) is 0.297. The first-order valence-electron chi connectivity index (χ1n) is 8.44. The van der Waals surface area contributed by atoms with Crippen LogP contribution in [0.2, 0.25) is 0 Å². The molecule has 0 fully saturated rings. The molecule has 2 heterocycles. The number of hydrogen-bond donors (Lipinski definition) is 1. The molecule has 1 amide bonds. The van der Waals surface area contributed by atoms with E-state index in [2.05, 4.69) is 20.4 Å². The fourth-order valence-corrected chi connectivity index (χ4v) is 3.18. The lowest BCUT2D eigenvalue weighted by atomic mass is 10.2. The average Bonchev–Trinajstić information content (AvgIpc) is 3.25. The number of aromatic nitrogens is 3. The number of benzene rings is 1. The third-order valence-corrected chi connectivity index (χ3v) is 4.59. The van der Waals surface area contributed by atoms with E-state index in [4.69, 9.17) is 14.0 Å². The van der Waals surface area contributed by atoms with Crippen LogP contribution in [-0.2, 0) is 11.3 Å². The summed E-state index contributed by atoms with van der Waals surface area (Å²) in [5.41, 5.74) is 0.809. The highest BCUT2D eigenvalue weighted by Gasteiger charge is 2.19. The Bertz CT molecular complexity index is 998. The van der Waals surface area contributed by atoms with E-state index in [-0.39, 0.29) is 13.2 Å². The van der Waals surface area contributed by atoms with Crippen molar-refractivity contribution in [1.82, 2.24) is 15.1 Å². The van der Waals surface area contributed by atoms with Crippen LogP contribution < -0.4 is 10.1 Å². The summed E-state index contributed by atoms with van der Waals surface area (Å²) in [5, 5.41) is 6.74. The van der Waals surface area contributed by atoms with Gasteiger partial charge in [-0.3, -0.25) is 10.1 Å². The number of aryl methyl sites for hydroxylation is 2. The highest BCUT2D eigenvalue weighted by molar-refractivity contribution is 7.17. The van der Waals surface area contributed by atoms with E-state index in [9.17, 15) is 9.59 Å². The molecule has 28 heavy (non-hydrogen) atoms. The van der Waals surface area contributed by atoms with E-state index in [0.29, 0.717) is 38.7 Å². The third kappa shape index (κ3) is 4.52. The largest absolute Gasteiger partial charge is 0.485 e. The van der Waals surface area contributed by atoms with Gasteiger partial charge in [-0.2, -0.15) is 4.98 Å². The molecule has 1 aromatic carbocycles. The van der Waals surface area contributed by atoms with Crippen molar-refractivity contribution in [2.75, 3.05) is 11.9 Å². The second kappa shape index (κ2) is 8.61. The monoisotopic (exact) mass is 402 g/mol. The molecule has 0 bridgehead atoms.